The lowest BCUT2D eigenvalue weighted by Crippen LogP contribution is -2.35. The highest BCUT2D eigenvalue weighted by Crippen LogP contribution is 2.19. The summed E-state index contributed by atoms with van der Waals surface area (Å²) in [5, 5.41) is 17.2. The van der Waals surface area contributed by atoms with E-state index in [1.165, 1.54) is 0 Å². The van der Waals surface area contributed by atoms with Gasteiger partial charge in [-0.05, 0) is 18.2 Å². The van der Waals surface area contributed by atoms with Crippen molar-refractivity contribution in [2.24, 2.45) is 16.6 Å². The van der Waals surface area contributed by atoms with Gasteiger partial charge in [0.2, 0.25) is 0 Å². The van der Waals surface area contributed by atoms with Gasteiger partial charge in [-0.3, -0.25) is 0 Å². The molecule has 0 radical (unpaired) electrons. The Hall–Kier alpha value is -2.48. The number of carbonyl (C=O) groups is 1. The molecule has 0 aromatic heterocycles. The summed E-state index contributed by atoms with van der Waals surface area (Å²) in [5.41, 5.74) is 11.9. The minimum atomic E-state index is -0.557. The van der Waals surface area contributed by atoms with Crippen LogP contribution < -0.4 is 26.8 Å². The summed E-state index contributed by atoms with van der Waals surface area (Å²) in [5.74, 6) is 0.721. The number of nitrogens with one attached hydrogen (secondary N) is 2. The number of nitrogens with two attached hydrogens (primary N) is 2. The Bertz CT molecular complexity index is 490. The number of primary amides is 1. The Morgan fingerprint density at radius 2 is 2.15 bits per heavy atom. The fourth-order valence-electron chi connectivity index (χ4n) is 1.63. The molecule has 2 amide bonds. The van der Waals surface area contributed by atoms with Crippen molar-refractivity contribution >= 4 is 11.9 Å². The van der Waals surface area contributed by atoms with Crippen LogP contribution in [0.25, 0.3) is 0 Å². The second-order valence-electron chi connectivity index (χ2n) is 3.98. The van der Waals surface area contributed by atoms with Crippen molar-refractivity contribution in [1.29, 1.82) is 0 Å². The molecule has 0 aliphatic rings. The molecule has 7 N–H and O–H groups in total. The van der Waals surface area contributed by atoms with E-state index < -0.39 is 6.03 Å². The normalized spacial score (nSPS) is 11.2. The van der Waals surface area contributed by atoms with Gasteiger partial charge in [0.1, 0.15) is 5.75 Å². The van der Waals surface area contributed by atoms with E-state index in [0.717, 1.165) is 5.56 Å². The molecule has 8 heteroatoms. The smallest absolute Gasteiger partial charge is 0.312 e. The first-order chi connectivity index (χ1) is 9.58. The lowest BCUT2D eigenvalue weighted by molar-refractivity contribution is 0.249. The van der Waals surface area contributed by atoms with Gasteiger partial charge in [-0.15, -0.1) is 0 Å². The predicted molar refractivity (Wildman–Crippen MR) is 74.8 cm³/mol. The maximum atomic E-state index is 10.5. The topological polar surface area (TPSA) is 135 Å². The summed E-state index contributed by atoms with van der Waals surface area (Å²) in [7, 11) is 1.57. The molecular weight excluding hydrogens is 262 g/mol. The van der Waals surface area contributed by atoms with Crippen LogP contribution in [0.5, 0.6) is 5.75 Å². The number of urea groups is 1. The van der Waals surface area contributed by atoms with Crippen molar-refractivity contribution in [2.45, 2.75) is 6.54 Å². The number of oxime groups is 1. The van der Waals surface area contributed by atoms with E-state index in [1.807, 2.05) is 0 Å². The highest BCUT2D eigenvalue weighted by atomic mass is 16.5. The average molecular weight is 281 g/mol. The number of nitrogens with zero attached hydrogens (tertiary/aromatic N) is 1. The molecule has 0 heterocycles. The zero-order chi connectivity index (χ0) is 15.0. The van der Waals surface area contributed by atoms with Crippen LogP contribution in [-0.4, -0.2) is 37.3 Å². The summed E-state index contributed by atoms with van der Waals surface area (Å²) in [6, 6.07) is 4.65. The minimum absolute atomic E-state index is 0.0318. The molecule has 0 bridgehead atoms. The molecular formula is C12H19N5O3. The Labute approximate surface area is 116 Å². The molecule has 0 fully saturated rings. The summed E-state index contributed by atoms with van der Waals surface area (Å²) in [4.78, 5) is 10.5. The molecule has 0 aliphatic heterocycles. The minimum Gasteiger partial charge on any atom is -0.496 e. The van der Waals surface area contributed by atoms with Crippen LogP contribution in [0.1, 0.15) is 11.1 Å². The number of hydrogen-bond acceptors (Lipinski definition) is 5. The van der Waals surface area contributed by atoms with E-state index in [2.05, 4.69) is 15.8 Å². The van der Waals surface area contributed by atoms with Gasteiger partial charge < -0.3 is 32.0 Å². The van der Waals surface area contributed by atoms with Crippen LogP contribution >= 0.6 is 0 Å². The summed E-state index contributed by atoms with van der Waals surface area (Å²) >= 11 is 0. The van der Waals surface area contributed by atoms with Crippen molar-refractivity contribution in [1.82, 2.24) is 10.6 Å². The third-order valence-corrected chi connectivity index (χ3v) is 2.60. The van der Waals surface area contributed by atoms with Gasteiger partial charge in [0, 0.05) is 30.8 Å². The lowest BCUT2D eigenvalue weighted by atomic mass is 10.1. The summed E-state index contributed by atoms with van der Waals surface area (Å²) in [6.07, 6.45) is 0. The SMILES string of the molecule is COc1ccc(/C(N)=N/O)cc1CNCCNC(N)=O. The quantitative estimate of drug-likeness (QED) is 0.152. The average Bonchev–Trinajstić information content (AvgIpc) is 2.45. The molecule has 0 aliphatic carbocycles. The van der Waals surface area contributed by atoms with Crippen molar-refractivity contribution in [3.05, 3.63) is 29.3 Å². The Morgan fingerprint density at radius 3 is 2.75 bits per heavy atom. The number of carbonyl (C=O) groups excluding carboxylic acids is 1. The molecule has 0 saturated carbocycles. The molecule has 0 unspecified atom stereocenters. The summed E-state index contributed by atoms with van der Waals surface area (Å²) in [6.45, 7) is 1.49. The van der Waals surface area contributed by atoms with Gasteiger partial charge >= 0.3 is 6.03 Å². The van der Waals surface area contributed by atoms with Crippen molar-refractivity contribution in [2.75, 3.05) is 20.2 Å². The molecule has 0 saturated heterocycles. The van der Waals surface area contributed by atoms with E-state index in [4.69, 9.17) is 21.4 Å². The fraction of sp³-hybridized carbons (Fsp3) is 0.333. The highest BCUT2D eigenvalue weighted by Gasteiger charge is 2.07. The monoisotopic (exact) mass is 281 g/mol. The van der Waals surface area contributed by atoms with Crippen molar-refractivity contribution < 1.29 is 14.7 Å². The predicted octanol–water partition coefficient (Wildman–Crippen LogP) is -0.452. The van der Waals surface area contributed by atoms with Crippen molar-refractivity contribution in [3.8, 4) is 5.75 Å². The van der Waals surface area contributed by atoms with Crippen molar-refractivity contribution in [3.63, 3.8) is 0 Å². The van der Waals surface area contributed by atoms with Crippen LogP contribution in [0, 0.1) is 0 Å². The van der Waals surface area contributed by atoms with Gasteiger partial charge in [0.15, 0.2) is 5.84 Å². The molecule has 1 rings (SSSR count). The molecule has 0 spiro atoms. The third-order valence-electron chi connectivity index (χ3n) is 2.60. The van der Waals surface area contributed by atoms with Crippen LogP contribution in [0.15, 0.2) is 23.4 Å². The molecule has 110 valence electrons. The number of rotatable bonds is 7. The third kappa shape index (κ3) is 4.65. The number of methoxy groups -OCH3 is 1. The van der Waals surface area contributed by atoms with Crippen LogP contribution in [-0.2, 0) is 6.54 Å². The van der Waals surface area contributed by atoms with Gasteiger partial charge in [-0.2, -0.15) is 0 Å². The summed E-state index contributed by atoms with van der Waals surface area (Å²) < 4.78 is 5.24. The van der Waals surface area contributed by atoms with E-state index in [0.29, 0.717) is 30.9 Å². The first-order valence-electron chi connectivity index (χ1n) is 5.97. The molecule has 8 nitrogen and oxygen atoms in total. The standard InChI is InChI=1S/C12H19N5O3/c1-20-10-3-2-8(11(13)17-19)6-9(10)7-15-4-5-16-12(14)18/h2-3,6,15,19H,4-5,7H2,1H3,(H2,13,17)(H3,14,16,18). The molecule has 0 atom stereocenters. The maximum absolute atomic E-state index is 10.5. The van der Waals surface area contributed by atoms with E-state index in [1.54, 1.807) is 25.3 Å². The van der Waals surface area contributed by atoms with E-state index in [9.17, 15) is 4.79 Å². The van der Waals surface area contributed by atoms with Gasteiger partial charge in [0.25, 0.3) is 0 Å². The fourth-order valence-corrected chi connectivity index (χ4v) is 1.63. The largest absolute Gasteiger partial charge is 0.496 e. The number of ether oxygens (including phenoxy) is 1. The number of amidine groups is 1. The van der Waals surface area contributed by atoms with Crippen LogP contribution in [0.3, 0.4) is 0 Å². The first kappa shape index (κ1) is 15.6. The second kappa shape index (κ2) is 7.85. The van der Waals surface area contributed by atoms with Crippen LogP contribution in [0.2, 0.25) is 0 Å². The molecule has 1 aromatic rings. The van der Waals surface area contributed by atoms with E-state index in [-0.39, 0.29) is 5.84 Å². The highest BCUT2D eigenvalue weighted by molar-refractivity contribution is 5.97. The Balaban J connectivity index is 2.64. The number of amides is 2. The first-order valence-corrected chi connectivity index (χ1v) is 5.97. The molecule has 1 aromatic carbocycles. The lowest BCUT2D eigenvalue weighted by Gasteiger charge is -2.11. The van der Waals surface area contributed by atoms with Gasteiger partial charge in [-0.25, -0.2) is 4.79 Å². The Morgan fingerprint density at radius 1 is 1.40 bits per heavy atom. The van der Waals surface area contributed by atoms with E-state index >= 15 is 0 Å². The number of hydrogen-bond donors (Lipinski definition) is 5. The van der Waals surface area contributed by atoms with Gasteiger partial charge in [0.05, 0.1) is 7.11 Å². The van der Waals surface area contributed by atoms with Crippen LogP contribution in [0.4, 0.5) is 4.79 Å². The molecule has 20 heavy (non-hydrogen) atoms. The maximum Gasteiger partial charge on any atom is 0.312 e. The zero-order valence-corrected chi connectivity index (χ0v) is 11.2. The number of benzene rings is 1. The Kier molecular flexibility index (Phi) is 6.11. The second-order valence-corrected chi connectivity index (χ2v) is 3.98. The van der Waals surface area contributed by atoms with Gasteiger partial charge in [-0.1, -0.05) is 5.16 Å². The zero-order valence-electron chi connectivity index (χ0n) is 11.2.